The molecule has 2 saturated heterocycles. The van der Waals surface area contributed by atoms with Crippen molar-refractivity contribution in [2.45, 2.75) is 55.9 Å². The van der Waals surface area contributed by atoms with Crippen LogP contribution >= 0.6 is 26.2 Å². The quantitative estimate of drug-likeness (QED) is 0.136. The van der Waals surface area contributed by atoms with E-state index in [4.69, 9.17) is 40.6 Å². The molecule has 3 aliphatic rings. The van der Waals surface area contributed by atoms with Gasteiger partial charge in [-0.25, -0.2) is 9.38 Å². The van der Waals surface area contributed by atoms with Gasteiger partial charge in [0.1, 0.15) is 24.5 Å². The smallest absolute Gasteiger partial charge is 0.394 e. The lowest BCUT2D eigenvalue weighted by Gasteiger charge is -2.25. The van der Waals surface area contributed by atoms with E-state index in [9.17, 15) is 24.2 Å². The summed E-state index contributed by atoms with van der Waals surface area (Å²) in [6.07, 6.45) is -8.19. The first-order valence-electron chi connectivity index (χ1n) is 12.6. The highest BCUT2D eigenvalue weighted by molar-refractivity contribution is 8.39. The number of rotatable bonds is 10. The van der Waals surface area contributed by atoms with Gasteiger partial charge in [-0.1, -0.05) is 10.4 Å². The van der Waals surface area contributed by atoms with Gasteiger partial charge >= 0.3 is 13.9 Å². The fourth-order valence-electron chi connectivity index (χ4n) is 4.87. The van der Waals surface area contributed by atoms with E-state index in [2.05, 4.69) is 47.8 Å². The highest BCUT2D eigenvalue weighted by Gasteiger charge is 2.53. The number of nitrogens with one attached hydrogen (secondary N) is 1. The van der Waals surface area contributed by atoms with E-state index in [1.165, 1.54) is 6.21 Å². The fraction of sp³-hybridized carbons (Fsp3) is 0.579. The topological polar surface area (TPSA) is 266 Å². The van der Waals surface area contributed by atoms with E-state index in [1.807, 2.05) is 0 Å². The molecule has 2 unspecified atom stereocenters. The normalized spacial score (nSPS) is 30.1. The van der Waals surface area contributed by atoms with Gasteiger partial charge in [0.15, 0.2) is 53.2 Å². The summed E-state index contributed by atoms with van der Waals surface area (Å²) in [6.45, 7) is -5.25. The van der Waals surface area contributed by atoms with E-state index in [-0.39, 0.29) is 47.2 Å². The van der Waals surface area contributed by atoms with Gasteiger partial charge in [-0.15, -0.1) is 14.7 Å². The van der Waals surface area contributed by atoms with Gasteiger partial charge in [0.25, 0.3) is 5.56 Å². The second-order valence-corrected chi connectivity index (χ2v) is 14.1. The Balaban J connectivity index is 1.19. The molecule has 0 amide bonds. The van der Waals surface area contributed by atoms with Crippen molar-refractivity contribution in [3.8, 4) is 0 Å². The maximum Gasteiger partial charge on any atom is 0.582 e. The van der Waals surface area contributed by atoms with Crippen molar-refractivity contribution >= 4 is 72.9 Å². The molecule has 0 spiro atoms. The number of carbonyl (C=O) groups is 1. The van der Waals surface area contributed by atoms with Gasteiger partial charge < -0.3 is 34.3 Å². The van der Waals surface area contributed by atoms with Crippen LogP contribution in [0.4, 0.5) is 16.2 Å². The first kappa shape index (κ1) is 31.3. The number of aromatic nitrogens is 8. The van der Waals surface area contributed by atoms with Crippen LogP contribution in [-0.4, -0.2) is 106 Å². The van der Waals surface area contributed by atoms with Gasteiger partial charge in [-0.2, -0.15) is 14.3 Å². The molecule has 20 nitrogen and oxygen atoms in total. The number of nitrogen functional groups attached to an aromatic ring is 1. The molecule has 25 heteroatoms. The molecule has 3 aliphatic heterocycles. The number of hydrogen-bond donors (Lipinski definition) is 5. The number of carbonyl (C=O) groups excluding carboxylic acids is 1. The predicted octanol–water partition coefficient (Wildman–Crippen LogP) is -0.217. The fourth-order valence-corrected chi connectivity index (χ4v) is 7.10. The summed E-state index contributed by atoms with van der Waals surface area (Å²) in [7, 11) is -2.63. The molecule has 6 heterocycles. The molecule has 9 atom stereocenters. The molecular formula is C19H22FN10O10P2S2+. The van der Waals surface area contributed by atoms with Gasteiger partial charge in [0.05, 0.1) is 19.3 Å². The van der Waals surface area contributed by atoms with Crippen LogP contribution in [0.3, 0.4) is 0 Å². The van der Waals surface area contributed by atoms with Crippen molar-refractivity contribution in [1.29, 1.82) is 0 Å². The molecule has 6 rings (SSSR count). The Morgan fingerprint density at radius 1 is 1.27 bits per heavy atom. The third kappa shape index (κ3) is 5.97. The van der Waals surface area contributed by atoms with E-state index in [0.717, 1.165) is 9.36 Å². The Kier molecular flexibility index (Phi) is 8.71. The van der Waals surface area contributed by atoms with Crippen molar-refractivity contribution in [3.05, 3.63) is 16.0 Å². The van der Waals surface area contributed by atoms with Crippen molar-refractivity contribution < 1.29 is 46.8 Å². The zero-order valence-electron chi connectivity index (χ0n) is 21.9. The molecule has 0 aliphatic carbocycles. The SMILES string of the molecule is Nc1nc2c(nnn2[C@@H]2O[C@H](CO)C[C@H]2OP(O)(=S)OC[C@H]2O[C@@H](n3nnc4c3N=CCC4=O)[C@@H](F)[C@@H]2O[P+](=O)S)c(=O)[nH]1. The van der Waals surface area contributed by atoms with Crippen LogP contribution in [0.5, 0.6) is 0 Å². The lowest BCUT2D eigenvalue weighted by Crippen LogP contribution is -2.33. The highest BCUT2D eigenvalue weighted by atomic mass is 32.7. The van der Waals surface area contributed by atoms with Gasteiger partial charge in [0.2, 0.25) is 5.95 Å². The number of halogens is 1. The van der Waals surface area contributed by atoms with Gasteiger partial charge in [-0.3, -0.25) is 14.6 Å². The zero-order valence-corrected chi connectivity index (χ0v) is 25.4. The van der Waals surface area contributed by atoms with E-state index >= 15 is 4.39 Å². The van der Waals surface area contributed by atoms with Crippen molar-refractivity contribution in [2.75, 3.05) is 18.9 Å². The maximum absolute atomic E-state index is 15.6. The summed E-state index contributed by atoms with van der Waals surface area (Å²) in [4.78, 5) is 45.6. The van der Waals surface area contributed by atoms with Crippen molar-refractivity contribution in [1.82, 2.24) is 40.0 Å². The van der Waals surface area contributed by atoms with Gasteiger partial charge in [-0.05, 0) is 16.4 Å². The molecule has 0 aromatic carbocycles. The maximum atomic E-state index is 15.6. The number of thiol groups is 1. The summed E-state index contributed by atoms with van der Waals surface area (Å²) in [6, 6.07) is 0. The van der Waals surface area contributed by atoms with Crippen LogP contribution in [0.15, 0.2) is 9.79 Å². The number of ketones is 1. The number of alkyl halides is 1. The predicted molar refractivity (Wildman–Crippen MR) is 151 cm³/mol. The van der Waals surface area contributed by atoms with Crippen LogP contribution in [0.1, 0.15) is 35.8 Å². The molecule has 3 aromatic heterocycles. The zero-order chi connectivity index (χ0) is 31.3. The number of fused-ring (bicyclic) bond motifs is 2. The summed E-state index contributed by atoms with van der Waals surface area (Å²) in [5.41, 5.74) is 4.71. The van der Waals surface area contributed by atoms with E-state index < -0.39 is 75.8 Å². The summed E-state index contributed by atoms with van der Waals surface area (Å²) >= 11 is 8.89. The number of nitrogens with two attached hydrogens (primary N) is 1. The number of nitrogens with zero attached hydrogens (tertiary/aromatic N) is 8. The molecule has 0 saturated carbocycles. The Bertz CT molecular complexity index is 1760. The molecule has 44 heavy (non-hydrogen) atoms. The molecule has 5 N–H and O–H groups in total. The average molecular weight is 696 g/mol. The molecule has 2 fully saturated rings. The Hall–Kier alpha value is -2.69. The number of aromatic amines is 1. The number of Topliss-reactive ketones (excluding diaryl/α,β-unsaturated/α-hetero) is 1. The largest absolute Gasteiger partial charge is 0.582 e. The van der Waals surface area contributed by atoms with Crippen LogP contribution in [0.25, 0.3) is 11.2 Å². The third-order valence-corrected chi connectivity index (χ3v) is 9.05. The highest BCUT2D eigenvalue weighted by Crippen LogP contribution is 2.51. The minimum atomic E-state index is -4.19. The molecule has 0 radical (unpaired) electrons. The van der Waals surface area contributed by atoms with Gasteiger partial charge in [0, 0.05) is 19.1 Å². The first-order valence-corrected chi connectivity index (χ1v) is 17.5. The minimum absolute atomic E-state index is 0.000566. The standard InChI is InChI=1S/C19H21FN10O10P2S2/c20-10-13(39-41(34)43)9(38-18(10)29-14-11(25-27-29)7(32)1-2-22-14)5-36-42(35,44)40-8-3-6(4-31)37-17(8)30-15-12(26-28-30)16(33)24-19(21)23-15/h2,6,8-10,13,17-18,31H,1,3-5H2,(H4-,21,23,24,28,33,34,35,43,44)/p+1/t6-,8+,9+,10-,13+,17+,18+,42?/m0/s1. The number of aliphatic hydroxyl groups excluding tert-OH is 1. The van der Waals surface area contributed by atoms with Crippen LogP contribution in [0.2, 0.25) is 0 Å². The average Bonchev–Trinajstić information content (AvgIpc) is 3.73. The minimum Gasteiger partial charge on any atom is -0.394 e. The first-order chi connectivity index (χ1) is 21.0. The number of aliphatic imine (C=N–C) groups is 1. The molecule has 3 aromatic rings. The second-order valence-electron chi connectivity index (χ2n) is 9.60. The lowest BCUT2D eigenvalue weighted by molar-refractivity contribution is -0.0602. The number of H-pyrrole nitrogens is 1. The van der Waals surface area contributed by atoms with Crippen LogP contribution < -0.4 is 11.3 Å². The summed E-state index contributed by atoms with van der Waals surface area (Å²) in [5.74, 6) is -0.632. The monoisotopic (exact) mass is 695 g/mol. The van der Waals surface area contributed by atoms with Crippen molar-refractivity contribution in [2.24, 2.45) is 4.99 Å². The lowest BCUT2D eigenvalue weighted by atomic mass is 10.1. The number of ether oxygens (including phenoxy) is 2. The Labute approximate surface area is 255 Å². The molecule has 236 valence electrons. The van der Waals surface area contributed by atoms with E-state index in [1.54, 1.807) is 0 Å². The second kappa shape index (κ2) is 12.2. The number of anilines is 1. The number of hydrogen-bond acceptors (Lipinski definition) is 17. The molecular weight excluding hydrogens is 673 g/mol. The third-order valence-electron chi connectivity index (χ3n) is 6.76. The molecule has 0 bridgehead atoms. The summed E-state index contributed by atoms with van der Waals surface area (Å²) in [5, 5.41) is 24.9. The van der Waals surface area contributed by atoms with E-state index in [0.29, 0.717) is 0 Å². The van der Waals surface area contributed by atoms with Crippen LogP contribution in [0, 0.1) is 0 Å². The van der Waals surface area contributed by atoms with Crippen LogP contribution in [-0.2, 0) is 39.4 Å². The number of aliphatic hydroxyl groups is 1. The Morgan fingerprint density at radius 3 is 2.80 bits per heavy atom. The Morgan fingerprint density at radius 2 is 2.05 bits per heavy atom. The summed E-state index contributed by atoms with van der Waals surface area (Å²) < 4.78 is 57.3. The van der Waals surface area contributed by atoms with Crippen molar-refractivity contribution in [3.63, 3.8) is 0 Å².